The first-order valence-corrected chi connectivity index (χ1v) is 15.3. The molecule has 3 aromatic rings. The molecule has 10 nitrogen and oxygen atoms in total. The van der Waals surface area contributed by atoms with E-state index in [-0.39, 0.29) is 12.5 Å². The van der Waals surface area contributed by atoms with Crippen LogP contribution in [0.4, 0.5) is 11.4 Å². The summed E-state index contributed by atoms with van der Waals surface area (Å²) in [7, 11) is 1.61. The summed E-state index contributed by atoms with van der Waals surface area (Å²) in [6.45, 7) is 7.18. The Labute approximate surface area is 259 Å². The van der Waals surface area contributed by atoms with E-state index in [0.29, 0.717) is 23.4 Å². The fourth-order valence-electron chi connectivity index (χ4n) is 5.67. The van der Waals surface area contributed by atoms with Crippen molar-refractivity contribution in [3.8, 4) is 5.75 Å². The lowest BCUT2D eigenvalue weighted by Crippen LogP contribution is -2.46. The molecule has 0 aliphatic carbocycles. The number of carbonyl (C=O) groups is 2. The van der Waals surface area contributed by atoms with Crippen LogP contribution in [0, 0.1) is 0 Å². The maximum Gasteiger partial charge on any atom is 0.273 e. The number of methoxy groups -OCH3 is 1. The Kier molecular flexibility index (Phi) is 11.0. The Hall–Kier alpha value is -4.25. The van der Waals surface area contributed by atoms with Crippen LogP contribution >= 0.6 is 0 Å². The fraction of sp³-hybridized carbons (Fsp3) is 0.382. The number of hydrogen-bond acceptors (Lipinski definition) is 8. The number of amides is 2. The molecule has 44 heavy (non-hydrogen) atoms. The van der Waals surface area contributed by atoms with E-state index < -0.39 is 5.91 Å². The van der Waals surface area contributed by atoms with Crippen molar-refractivity contribution >= 4 is 29.4 Å². The number of anilines is 2. The van der Waals surface area contributed by atoms with Gasteiger partial charge in [-0.3, -0.25) is 19.4 Å². The number of hydrazone groups is 1. The van der Waals surface area contributed by atoms with E-state index in [1.54, 1.807) is 25.5 Å². The molecule has 2 aliphatic heterocycles. The minimum absolute atomic E-state index is 0.179. The van der Waals surface area contributed by atoms with Crippen LogP contribution in [0.1, 0.15) is 51.1 Å². The molecule has 2 fully saturated rings. The van der Waals surface area contributed by atoms with Crippen molar-refractivity contribution in [2.45, 2.75) is 25.8 Å². The van der Waals surface area contributed by atoms with E-state index in [4.69, 9.17) is 4.74 Å². The van der Waals surface area contributed by atoms with E-state index in [0.717, 1.165) is 81.2 Å². The largest absolute Gasteiger partial charge is 0.497 e. The summed E-state index contributed by atoms with van der Waals surface area (Å²) in [5, 5.41) is 16.3. The fourth-order valence-corrected chi connectivity index (χ4v) is 5.67. The maximum absolute atomic E-state index is 13.4. The van der Waals surface area contributed by atoms with Crippen LogP contribution in [0.25, 0.3) is 0 Å². The Balaban J connectivity index is 1.29. The second kappa shape index (κ2) is 15.5. The normalized spacial score (nSPS) is 16.2. The molecule has 0 saturated carbocycles. The molecule has 0 aromatic heterocycles. The summed E-state index contributed by atoms with van der Waals surface area (Å²) in [4.78, 5) is 33.8. The van der Waals surface area contributed by atoms with Crippen molar-refractivity contribution in [1.29, 1.82) is 0 Å². The average molecular weight is 599 g/mol. The molecule has 2 amide bonds. The predicted molar refractivity (Wildman–Crippen MR) is 174 cm³/mol. The SMILES string of the molecule is COc1ccc(C=NNC(=O)c2cc(N3CCCCC3)ccc2NC(=O)c2cccc(CN3CCN(CCO)CC3)c2)cc1. The highest BCUT2D eigenvalue weighted by Crippen LogP contribution is 2.27. The lowest BCUT2D eigenvalue weighted by molar-refractivity contribution is 0.0956. The van der Waals surface area contributed by atoms with Gasteiger partial charge in [-0.2, -0.15) is 5.10 Å². The first-order chi connectivity index (χ1) is 21.5. The van der Waals surface area contributed by atoms with Crippen molar-refractivity contribution in [2.75, 3.05) is 69.7 Å². The van der Waals surface area contributed by atoms with E-state index in [1.807, 2.05) is 54.6 Å². The second-order valence-corrected chi connectivity index (χ2v) is 11.2. The van der Waals surface area contributed by atoms with Gasteiger partial charge in [-0.1, -0.05) is 12.1 Å². The topological polar surface area (TPSA) is 110 Å². The number of ether oxygens (including phenoxy) is 1. The van der Waals surface area contributed by atoms with Crippen LogP contribution in [0.5, 0.6) is 5.75 Å². The van der Waals surface area contributed by atoms with Gasteiger partial charge in [0.1, 0.15) is 5.75 Å². The molecular formula is C34H42N6O4. The molecule has 5 rings (SSSR count). The van der Waals surface area contributed by atoms with Gasteiger partial charge in [0.2, 0.25) is 0 Å². The lowest BCUT2D eigenvalue weighted by Gasteiger charge is -2.34. The average Bonchev–Trinajstić information content (AvgIpc) is 3.06. The first kappa shape index (κ1) is 31.2. The number of carbonyl (C=O) groups excluding carboxylic acids is 2. The number of nitrogens with one attached hydrogen (secondary N) is 2. The third-order valence-electron chi connectivity index (χ3n) is 8.19. The van der Waals surface area contributed by atoms with Crippen LogP contribution in [-0.2, 0) is 6.54 Å². The number of aliphatic hydroxyl groups excluding tert-OH is 1. The Morgan fingerprint density at radius 2 is 1.64 bits per heavy atom. The summed E-state index contributed by atoms with van der Waals surface area (Å²) in [5.74, 6) is 0.0582. The number of piperidine rings is 1. The van der Waals surface area contributed by atoms with Crippen molar-refractivity contribution in [2.24, 2.45) is 5.10 Å². The van der Waals surface area contributed by atoms with Gasteiger partial charge in [-0.05, 0) is 85.0 Å². The van der Waals surface area contributed by atoms with Gasteiger partial charge in [0.05, 0.1) is 31.2 Å². The van der Waals surface area contributed by atoms with Gasteiger partial charge in [0.15, 0.2) is 0 Å². The standard InChI is InChI=1S/C34H42N6O4/c1-44-30-11-8-26(9-12-30)24-35-37-34(43)31-23-29(40-14-3-2-4-15-40)10-13-32(31)36-33(42)28-7-5-6-27(22-28)25-39-18-16-38(17-19-39)20-21-41/h5-13,22-24,41H,2-4,14-21,25H2,1H3,(H,36,42)(H,37,43). The van der Waals surface area contributed by atoms with Crippen LogP contribution < -0.4 is 20.4 Å². The number of piperazine rings is 1. The molecular weight excluding hydrogens is 556 g/mol. The zero-order valence-electron chi connectivity index (χ0n) is 25.4. The molecule has 2 saturated heterocycles. The summed E-state index contributed by atoms with van der Waals surface area (Å²) >= 11 is 0. The first-order valence-electron chi connectivity index (χ1n) is 15.3. The van der Waals surface area contributed by atoms with E-state index in [9.17, 15) is 14.7 Å². The van der Waals surface area contributed by atoms with Gasteiger partial charge < -0.3 is 20.1 Å². The van der Waals surface area contributed by atoms with Gasteiger partial charge in [0, 0.05) is 63.6 Å². The molecule has 2 heterocycles. The Morgan fingerprint density at radius 1 is 0.886 bits per heavy atom. The quantitative estimate of drug-likeness (QED) is 0.228. The number of β-amino-alcohol motifs (C(OH)–C–C–N with tert-alkyl or cyclic N) is 1. The zero-order valence-corrected chi connectivity index (χ0v) is 25.4. The smallest absolute Gasteiger partial charge is 0.273 e. The highest BCUT2D eigenvalue weighted by atomic mass is 16.5. The van der Waals surface area contributed by atoms with E-state index in [1.165, 1.54) is 6.42 Å². The molecule has 3 aromatic carbocycles. The molecule has 0 unspecified atom stereocenters. The number of hydrogen-bond donors (Lipinski definition) is 3. The second-order valence-electron chi connectivity index (χ2n) is 11.2. The summed E-state index contributed by atoms with van der Waals surface area (Å²) in [6, 6.07) is 20.6. The van der Waals surface area contributed by atoms with Crippen molar-refractivity contribution in [3.05, 3.63) is 89.0 Å². The minimum atomic E-state index is -0.405. The van der Waals surface area contributed by atoms with Gasteiger partial charge in [-0.15, -0.1) is 0 Å². The van der Waals surface area contributed by atoms with Crippen LogP contribution in [0.3, 0.4) is 0 Å². The predicted octanol–water partition coefficient (Wildman–Crippen LogP) is 3.81. The van der Waals surface area contributed by atoms with Gasteiger partial charge >= 0.3 is 0 Å². The number of nitrogens with zero attached hydrogens (tertiary/aromatic N) is 4. The third-order valence-corrected chi connectivity index (χ3v) is 8.19. The Bertz CT molecular complexity index is 1430. The molecule has 10 heteroatoms. The van der Waals surface area contributed by atoms with E-state index >= 15 is 0 Å². The van der Waals surface area contributed by atoms with Crippen LogP contribution in [0.15, 0.2) is 71.8 Å². The molecule has 232 valence electrons. The summed E-state index contributed by atoms with van der Waals surface area (Å²) < 4.78 is 5.20. The van der Waals surface area contributed by atoms with Gasteiger partial charge in [0.25, 0.3) is 11.8 Å². The highest BCUT2D eigenvalue weighted by molar-refractivity contribution is 6.09. The molecule has 0 atom stereocenters. The van der Waals surface area contributed by atoms with E-state index in [2.05, 4.69) is 30.5 Å². The maximum atomic E-state index is 13.4. The molecule has 3 N–H and O–H groups in total. The van der Waals surface area contributed by atoms with Crippen molar-refractivity contribution < 1.29 is 19.4 Å². The molecule has 2 aliphatic rings. The summed E-state index contributed by atoms with van der Waals surface area (Å²) in [5.41, 5.74) is 6.77. The Morgan fingerprint density at radius 3 is 2.36 bits per heavy atom. The van der Waals surface area contributed by atoms with Crippen molar-refractivity contribution in [3.63, 3.8) is 0 Å². The third kappa shape index (κ3) is 8.43. The minimum Gasteiger partial charge on any atom is -0.497 e. The molecule has 0 bridgehead atoms. The number of aliphatic hydroxyl groups is 1. The number of benzene rings is 3. The van der Waals surface area contributed by atoms with Crippen LogP contribution in [-0.4, -0.2) is 92.5 Å². The monoisotopic (exact) mass is 598 g/mol. The molecule has 0 spiro atoms. The summed E-state index contributed by atoms with van der Waals surface area (Å²) in [6.07, 6.45) is 5.00. The van der Waals surface area contributed by atoms with Gasteiger partial charge in [-0.25, -0.2) is 5.43 Å². The lowest BCUT2D eigenvalue weighted by atomic mass is 10.1. The van der Waals surface area contributed by atoms with Crippen LogP contribution in [0.2, 0.25) is 0 Å². The molecule has 0 radical (unpaired) electrons. The van der Waals surface area contributed by atoms with Crippen molar-refractivity contribution in [1.82, 2.24) is 15.2 Å². The number of rotatable bonds is 11. The highest BCUT2D eigenvalue weighted by Gasteiger charge is 2.20. The zero-order chi connectivity index (χ0) is 30.7.